The van der Waals surface area contributed by atoms with Gasteiger partial charge in [-0.2, -0.15) is 0 Å². The first-order chi connectivity index (χ1) is 6.15. The normalized spacial score (nSPS) is 12.2. The summed E-state index contributed by atoms with van der Waals surface area (Å²) < 4.78 is 4.63. The summed E-state index contributed by atoms with van der Waals surface area (Å²) in [5.74, 6) is -0.501. The Balaban J connectivity index is 2.88. The van der Waals surface area contributed by atoms with E-state index in [1.807, 2.05) is 12.1 Å². The van der Waals surface area contributed by atoms with Gasteiger partial charge in [-0.1, -0.05) is 12.1 Å². The van der Waals surface area contributed by atoms with E-state index >= 15 is 0 Å². The van der Waals surface area contributed by atoms with Gasteiger partial charge in [0.2, 0.25) is 0 Å². The standard InChI is InChI=1S/C10H13NO2/c1-7(10(12)13-2)8-4-3-5-9(11)6-8/h3-7H,11H2,1-2H3/t7-/m0/s1. The van der Waals surface area contributed by atoms with Crippen molar-refractivity contribution < 1.29 is 9.53 Å². The Morgan fingerprint density at radius 3 is 2.77 bits per heavy atom. The Kier molecular flexibility index (Phi) is 2.90. The average Bonchev–Trinajstić information content (AvgIpc) is 2.15. The molecule has 0 heterocycles. The predicted octanol–water partition coefficient (Wildman–Crippen LogP) is 1.55. The van der Waals surface area contributed by atoms with Crippen molar-refractivity contribution in [2.24, 2.45) is 0 Å². The largest absolute Gasteiger partial charge is 0.469 e. The van der Waals surface area contributed by atoms with E-state index in [0.29, 0.717) is 5.69 Å². The SMILES string of the molecule is COC(=O)[C@@H](C)c1cccc(N)c1. The second kappa shape index (κ2) is 3.94. The molecule has 0 saturated carbocycles. The van der Waals surface area contributed by atoms with Gasteiger partial charge in [-0.3, -0.25) is 4.79 Å². The Morgan fingerprint density at radius 2 is 2.23 bits per heavy atom. The van der Waals surface area contributed by atoms with Gasteiger partial charge in [-0.15, -0.1) is 0 Å². The fourth-order valence-corrected chi connectivity index (χ4v) is 1.14. The number of benzene rings is 1. The van der Waals surface area contributed by atoms with Crippen LogP contribution in [-0.2, 0) is 9.53 Å². The molecule has 0 aliphatic carbocycles. The van der Waals surface area contributed by atoms with Crippen molar-refractivity contribution in [3.8, 4) is 0 Å². The van der Waals surface area contributed by atoms with E-state index in [1.165, 1.54) is 7.11 Å². The number of ether oxygens (including phenoxy) is 1. The Hall–Kier alpha value is -1.51. The quantitative estimate of drug-likeness (QED) is 0.553. The number of methoxy groups -OCH3 is 1. The van der Waals surface area contributed by atoms with Crippen LogP contribution in [0.5, 0.6) is 0 Å². The summed E-state index contributed by atoms with van der Waals surface area (Å²) in [6, 6.07) is 7.25. The molecule has 1 aromatic rings. The van der Waals surface area contributed by atoms with Crippen LogP contribution >= 0.6 is 0 Å². The van der Waals surface area contributed by atoms with E-state index in [4.69, 9.17) is 5.73 Å². The molecule has 1 rings (SSSR count). The molecule has 1 aromatic carbocycles. The second-order valence-electron chi connectivity index (χ2n) is 2.91. The predicted molar refractivity (Wildman–Crippen MR) is 51.3 cm³/mol. The van der Waals surface area contributed by atoms with E-state index in [-0.39, 0.29) is 11.9 Å². The summed E-state index contributed by atoms with van der Waals surface area (Å²) in [5, 5.41) is 0. The number of hydrogen-bond donors (Lipinski definition) is 1. The van der Waals surface area contributed by atoms with Crippen molar-refractivity contribution in [3.05, 3.63) is 29.8 Å². The average molecular weight is 179 g/mol. The Bertz CT molecular complexity index is 310. The van der Waals surface area contributed by atoms with Crippen molar-refractivity contribution in [1.29, 1.82) is 0 Å². The van der Waals surface area contributed by atoms with E-state index in [1.54, 1.807) is 19.1 Å². The first-order valence-corrected chi connectivity index (χ1v) is 4.08. The number of carbonyl (C=O) groups excluding carboxylic acids is 1. The van der Waals surface area contributed by atoms with Crippen LogP contribution in [0, 0.1) is 0 Å². The molecule has 0 fully saturated rings. The van der Waals surface area contributed by atoms with Gasteiger partial charge in [0, 0.05) is 5.69 Å². The molecule has 0 aliphatic heterocycles. The zero-order chi connectivity index (χ0) is 9.84. The van der Waals surface area contributed by atoms with E-state index in [0.717, 1.165) is 5.56 Å². The van der Waals surface area contributed by atoms with E-state index in [2.05, 4.69) is 4.74 Å². The molecule has 0 spiro atoms. The molecule has 1 atom stereocenters. The van der Waals surface area contributed by atoms with Crippen molar-refractivity contribution >= 4 is 11.7 Å². The highest BCUT2D eigenvalue weighted by Gasteiger charge is 2.14. The molecule has 3 nitrogen and oxygen atoms in total. The van der Waals surface area contributed by atoms with Gasteiger partial charge in [0.05, 0.1) is 13.0 Å². The third kappa shape index (κ3) is 2.21. The number of anilines is 1. The number of hydrogen-bond acceptors (Lipinski definition) is 3. The topological polar surface area (TPSA) is 52.3 Å². The Labute approximate surface area is 77.5 Å². The van der Waals surface area contributed by atoms with Crippen molar-refractivity contribution in [2.75, 3.05) is 12.8 Å². The number of nitrogen functional groups attached to an aromatic ring is 1. The fourth-order valence-electron chi connectivity index (χ4n) is 1.14. The molecule has 13 heavy (non-hydrogen) atoms. The maximum atomic E-state index is 11.2. The van der Waals surface area contributed by atoms with Gasteiger partial charge < -0.3 is 10.5 Å². The summed E-state index contributed by atoms with van der Waals surface area (Å²) in [4.78, 5) is 11.2. The minimum atomic E-state index is -0.256. The van der Waals surface area contributed by atoms with Crippen LogP contribution in [0.25, 0.3) is 0 Å². The summed E-state index contributed by atoms with van der Waals surface area (Å²) >= 11 is 0. The molecule has 0 saturated heterocycles. The molecule has 0 aliphatic rings. The third-order valence-electron chi connectivity index (χ3n) is 1.97. The van der Waals surface area contributed by atoms with Gasteiger partial charge in [-0.05, 0) is 24.6 Å². The lowest BCUT2D eigenvalue weighted by Crippen LogP contribution is -2.10. The maximum absolute atomic E-state index is 11.2. The van der Waals surface area contributed by atoms with Gasteiger partial charge in [-0.25, -0.2) is 0 Å². The number of esters is 1. The molecule has 0 unspecified atom stereocenters. The van der Waals surface area contributed by atoms with Crippen LogP contribution in [-0.4, -0.2) is 13.1 Å². The molecule has 0 amide bonds. The third-order valence-corrected chi connectivity index (χ3v) is 1.97. The molecule has 0 bridgehead atoms. The monoisotopic (exact) mass is 179 g/mol. The fraction of sp³-hybridized carbons (Fsp3) is 0.300. The molecule has 0 radical (unpaired) electrons. The van der Waals surface area contributed by atoms with Gasteiger partial charge in [0.25, 0.3) is 0 Å². The summed E-state index contributed by atoms with van der Waals surface area (Å²) in [5.41, 5.74) is 7.13. The first-order valence-electron chi connectivity index (χ1n) is 4.08. The summed E-state index contributed by atoms with van der Waals surface area (Å²) in [6.07, 6.45) is 0. The van der Waals surface area contributed by atoms with Crippen LogP contribution in [0.1, 0.15) is 18.4 Å². The molecule has 0 aromatic heterocycles. The van der Waals surface area contributed by atoms with Gasteiger partial charge >= 0.3 is 5.97 Å². The van der Waals surface area contributed by atoms with Crippen molar-refractivity contribution in [3.63, 3.8) is 0 Å². The lowest BCUT2D eigenvalue weighted by Gasteiger charge is -2.09. The second-order valence-corrected chi connectivity index (χ2v) is 2.91. The van der Waals surface area contributed by atoms with Crippen molar-refractivity contribution in [1.82, 2.24) is 0 Å². The smallest absolute Gasteiger partial charge is 0.312 e. The number of rotatable bonds is 2. The number of nitrogens with two attached hydrogens (primary N) is 1. The van der Waals surface area contributed by atoms with Crippen LogP contribution < -0.4 is 5.73 Å². The molecular weight excluding hydrogens is 166 g/mol. The van der Waals surface area contributed by atoms with E-state index < -0.39 is 0 Å². The van der Waals surface area contributed by atoms with Crippen LogP contribution in [0.3, 0.4) is 0 Å². The summed E-state index contributed by atoms with van der Waals surface area (Å²) in [7, 11) is 1.38. The highest BCUT2D eigenvalue weighted by molar-refractivity contribution is 5.77. The highest BCUT2D eigenvalue weighted by atomic mass is 16.5. The van der Waals surface area contributed by atoms with Gasteiger partial charge in [0.15, 0.2) is 0 Å². The lowest BCUT2D eigenvalue weighted by atomic mass is 10.0. The lowest BCUT2D eigenvalue weighted by molar-refractivity contribution is -0.141. The summed E-state index contributed by atoms with van der Waals surface area (Å²) in [6.45, 7) is 1.79. The van der Waals surface area contributed by atoms with Crippen LogP contribution in [0.4, 0.5) is 5.69 Å². The van der Waals surface area contributed by atoms with E-state index in [9.17, 15) is 4.79 Å². The Morgan fingerprint density at radius 1 is 1.54 bits per heavy atom. The first kappa shape index (κ1) is 9.58. The number of carbonyl (C=O) groups is 1. The highest BCUT2D eigenvalue weighted by Crippen LogP contribution is 2.18. The van der Waals surface area contributed by atoms with Crippen molar-refractivity contribution in [2.45, 2.75) is 12.8 Å². The molecule has 70 valence electrons. The maximum Gasteiger partial charge on any atom is 0.312 e. The minimum Gasteiger partial charge on any atom is -0.469 e. The van der Waals surface area contributed by atoms with Gasteiger partial charge in [0.1, 0.15) is 0 Å². The zero-order valence-electron chi connectivity index (χ0n) is 7.78. The molecule has 2 N–H and O–H groups in total. The van der Waals surface area contributed by atoms with Crippen LogP contribution in [0.15, 0.2) is 24.3 Å². The van der Waals surface area contributed by atoms with Crippen LogP contribution in [0.2, 0.25) is 0 Å². The molecule has 3 heteroatoms. The minimum absolute atomic E-state index is 0.245. The molecular formula is C10H13NO2. The zero-order valence-corrected chi connectivity index (χ0v) is 7.78.